The van der Waals surface area contributed by atoms with Crippen LogP contribution in [0.2, 0.25) is 5.02 Å². The summed E-state index contributed by atoms with van der Waals surface area (Å²) in [5.41, 5.74) is 0. The van der Waals surface area contributed by atoms with Gasteiger partial charge in [0.2, 0.25) is 17.7 Å². The zero-order valence-corrected chi connectivity index (χ0v) is 24.3. The smallest absolute Gasteiger partial charge is 0.250 e. The third kappa shape index (κ3) is 6.75. The van der Waals surface area contributed by atoms with E-state index in [-0.39, 0.29) is 34.5 Å². The van der Waals surface area contributed by atoms with Crippen molar-refractivity contribution in [2.24, 2.45) is 5.92 Å². The van der Waals surface area contributed by atoms with Gasteiger partial charge in [0.25, 0.3) is 10.0 Å². The maximum absolute atomic E-state index is 13.2. The number of hydrogen-bond acceptors (Lipinski definition) is 6. The first-order chi connectivity index (χ1) is 18.7. The number of benzene rings is 1. The number of thiophene rings is 1. The first-order valence-corrected chi connectivity index (χ1v) is 16.4. The normalized spacial score (nSPS) is 22.6. The van der Waals surface area contributed by atoms with E-state index in [1.807, 2.05) is 0 Å². The summed E-state index contributed by atoms with van der Waals surface area (Å²) in [7, 11) is -3.93. The van der Waals surface area contributed by atoms with Crippen LogP contribution in [0.3, 0.4) is 0 Å². The largest absolute Gasteiger partial charge is 0.354 e. The van der Waals surface area contributed by atoms with Gasteiger partial charge in [-0.05, 0) is 74.1 Å². The Morgan fingerprint density at radius 1 is 1.03 bits per heavy atom. The molecule has 0 bridgehead atoms. The van der Waals surface area contributed by atoms with Gasteiger partial charge in [0, 0.05) is 41.8 Å². The van der Waals surface area contributed by atoms with E-state index in [4.69, 9.17) is 11.6 Å². The van der Waals surface area contributed by atoms with Gasteiger partial charge in [0.15, 0.2) is 0 Å². The molecule has 2 saturated heterocycles. The lowest BCUT2D eigenvalue weighted by molar-refractivity contribution is -0.143. The van der Waals surface area contributed by atoms with Crippen molar-refractivity contribution in [2.45, 2.75) is 74.1 Å². The van der Waals surface area contributed by atoms with Crippen molar-refractivity contribution in [1.82, 2.24) is 19.8 Å². The Bertz CT molecular complexity index is 1340. The molecule has 3 fully saturated rings. The fourth-order valence-electron chi connectivity index (χ4n) is 5.99. The van der Waals surface area contributed by atoms with E-state index >= 15 is 0 Å². The number of carbonyl (C=O) groups excluding carboxylic acids is 3. The van der Waals surface area contributed by atoms with Gasteiger partial charge in [-0.3, -0.25) is 14.4 Å². The number of piperidine rings is 1. The molecule has 1 aromatic heterocycles. The van der Waals surface area contributed by atoms with Crippen molar-refractivity contribution >= 4 is 60.8 Å². The second-order valence-electron chi connectivity index (χ2n) is 10.9. The molecule has 3 heterocycles. The van der Waals surface area contributed by atoms with Crippen molar-refractivity contribution < 1.29 is 22.8 Å². The van der Waals surface area contributed by atoms with Crippen molar-refractivity contribution in [1.29, 1.82) is 0 Å². The van der Waals surface area contributed by atoms with Crippen molar-refractivity contribution in [3.63, 3.8) is 0 Å². The van der Waals surface area contributed by atoms with Crippen LogP contribution < -0.4 is 10.0 Å². The average molecular weight is 595 g/mol. The number of rotatable bonds is 9. The molecular weight excluding hydrogens is 560 g/mol. The summed E-state index contributed by atoms with van der Waals surface area (Å²) in [6, 6.07) is 5.74. The van der Waals surface area contributed by atoms with Crippen LogP contribution in [0.15, 0.2) is 28.5 Å². The molecule has 212 valence electrons. The van der Waals surface area contributed by atoms with Gasteiger partial charge in [-0.15, -0.1) is 11.3 Å². The molecule has 12 heteroatoms. The monoisotopic (exact) mass is 594 g/mol. The first-order valence-electron chi connectivity index (χ1n) is 13.8. The van der Waals surface area contributed by atoms with E-state index in [2.05, 4.69) is 10.0 Å². The van der Waals surface area contributed by atoms with Crippen molar-refractivity contribution in [3.8, 4) is 0 Å². The SMILES string of the molecule is O=C(CC1CCCC1)NC[C@@H]1CCCN1C(=O)CN1CCC[C@H](NS(=O)(=O)c2cc3cc(Cl)ccc3s2)C1=O. The van der Waals surface area contributed by atoms with Crippen LogP contribution in [0.4, 0.5) is 0 Å². The Kier molecular flexibility index (Phi) is 8.80. The minimum Gasteiger partial charge on any atom is -0.354 e. The number of halogens is 1. The molecule has 1 aromatic carbocycles. The molecule has 39 heavy (non-hydrogen) atoms. The van der Waals surface area contributed by atoms with Crippen LogP contribution in [0.25, 0.3) is 10.1 Å². The van der Waals surface area contributed by atoms with Gasteiger partial charge in [-0.2, -0.15) is 4.72 Å². The maximum atomic E-state index is 13.2. The molecule has 2 aliphatic heterocycles. The van der Waals surface area contributed by atoms with E-state index in [0.717, 1.165) is 47.1 Å². The molecule has 9 nitrogen and oxygen atoms in total. The van der Waals surface area contributed by atoms with Gasteiger partial charge >= 0.3 is 0 Å². The fourth-order valence-corrected chi connectivity index (χ4v) is 8.78. The Hall–Kier alpha value is -2.21. The van der Waals surface area contributed by atoms with Crippen LogP contribution in [-0.2, 0) is 24.4 Å². The van der Waals surface area contributed by atoms with E-state index in [1.54, 1.807) is 29.2 Å². The lowest BCUT2D eigenvalue weighted by Gasteiger charge is -2.34. The van der Waals surface area contributed by atoms with E-state index in [1.165, 1.54) is 17.7 Å². The molecule has 3 amide bonds. The predicted molar refractivity (Wildman–Crippen MR) is 151 cm³/mol. The number of nitrogens with zero attached hydrogens (tertiary/aromatic N) is 2. The molecule has 2 atom stereocenters. The van der Waals surface area contributed by atoms with E-state index in [9.17, 15) is 22.8 Å². The Morgan fingerprint density at radius 2 is 1.79 bits per heavy atom. The third-order valence-electron chi connectivity index (χ3n) is 8.06. The van der Waals surface area contributed by atoms with Gasteiger partial charge < -0.3 is 15.1 Å². The lowest BCUT2D eigenvalue weighted by Crippen LogP contribution is -2.55. The van der Waals surface area contributed by atoms with Gasteiger partial charge in [0.05, 0.1) is 6.54 Å². The number of nitrogens with one attached hydrogen (secondary N) is 2. The van der Waals surface area contributed by atoms with Crippen molar-refractivity contribution in [3.05, 3.63) is 29.3 Å². The van der Waals surface area contributed by atoms with Crippen LogP contribution >= 0.6 is 22.9 Å². The highest BCUT2D eigenvalue weighted by Crippen LogP contribution is 2.31. The molecule has 0 spiro atoms. The highest BCUT2D eigenvalue weighted by Gasteiger charge is 2.36. The second kappa shape index (κ2) is 12.1. The minimum absolute atomic E-state index is 0.0456. The highest BCUT2D eigenvalue weighted by molar-refractivity contribution is 7.91. The van der Waals surface area contributed by atoms with Crippen LogP contribution in [0, 0.1) is 5.92 Å². The standard InChI is InChI=1S/C27H35ClN4O5S2/c28-20-9-10-23-19(14-20)15-26(38-23)39(36,37)30-22-8-4-11-31(27(22)35)17-25(34)32-12-3-7-21(32)16-29-24(33)13-18-5-1-2-6-18/h9-10,14-15,18,21-22,30H,1-8,11-13,16-17H2,(H,29,33)/t21-,22-/m0/s1. The Balaban J connectivity index is 1.16. The molecule has 5 rings (SSSR count). The molecule has 1 aliphatic carbocycles. The summed E-state index contributed by atoms with van der Waals surface area (Å²) in [6.45, 7) is 1.33. The summed E-state index contributed by atoms with van der Waals surface area (Å²) in [5.74, 6) is -0.0350. The van der Waals surface area contributed by atoms with E-state index in [0.29, 0.717) is 49.8 Å². The topological polar surface area (TPSA) is 116 Å². The molecule has 0 unspecified atom stereocenters. The van der Waals surface area contributed by atoms with Gasteiger partial charge in [-0.25, -0.2) is 8.42 Å². The summed E-state index contributed by atoms with van der Waals surface area (Å²) in [5, 5.41) is 4.26. The number of hydrogen-bond donors (Lipinski definition) is 2. The minimum atomic E-state index is -3.93. The van der Waals surface area contributed by atoms with Crippen molar-refractivity contribution in [2.75, 3.05) is 26.2 Å². The lowest BCUT2D eigenvalue weighted by atomic mass is 10.0. The predicted octanol–water partition coefficient (Wildman–Crippen LogP) is 3.51. The summed E-state index contributed by atoms with van der Waals surface area (Å²) < 4.78 is 29.7. The quantitative estimate of drug-likeness (QED) is 0.461. The summed E-state index contributed by atoms with van der Waals surface area (Å²) in [6.07, 6.45) is 7.80. The van der Waals surface area contributed by atoms with Crippen LogP contribution in [0.5, 0.6) is 0 Å². The zero-order chi connectivity index (χ0) is 27.6. The molecular formula is C27H35ClN4O5S2. The zero-order valence-electron chi connectivity index (χ0n) is 21.9. The number of fused-ring (bicyclic) bond motifs is 1. The number of likely N-dealkylation sites (tertiary alicyclic amines) is 2. The molecule has 0 radical (unpaired) electrons. The molecule has 2 aromatic rings. The first kappa shape index (κ1) is 28.3. The molecule has 2 N–H and O–H groups in total. The fraction of sp³-hybridized carbons (Fsp3) is 0.593. The summed E-state index contributed by atoms with van der Waals surface area (Å²) in [4.78, 5) is 42.0. The van der Waals surface area contributed by atoms with Crippen LogP contribution in [-0.4, -0.2) is 74.2 Å². The van der Waals surface area contributed by atoms with Crippen LogP contribution in [0.1, 0.15) is 57.8 Å². The maximum Gasteiger partial charge on any atom is 0.250 e. The summed E-state index contributed by atoms with van der Waals surface area (Å²) >= 11 is 7.15. The molecule has 3 aliphatic rings. The Morgan fingerprint density at radius 3 is 2.59 bits per heavy atom. The third-order valence-corrected chi connectivity index (χ3v) is 11.4. The second-order valence-corrected chi connectivity index (χ2v) is 14.3. The molecule has 1 saturated carbocycles. The van der Waals surface area contributed by atoms with Gasteiger partial charge in [-0.1, -0.05) is 24.4 Å². The Labute approximate surface area is 238 Å². The average Bonchev–Trinajstić information content (AvgIpc) is 3.66. The van der Waals surface area contributed by atoms with E-state index < -0.39 is 16.1 Å². The number of carbonyl (C=O) groups is 3. The van der Waals surface area contributed by atoms with Gasteiger partial charge in [0.1, 0.15) is 10.3 Å². The number of sulfonamides is 1. The highest BCUT2D eigenvalue weighted by atomic mass is 35.5. The number of amides is 3.